The molecule has 0 bridgehead atoms. The molecule has 194 valence electrons. The summed E-state index contributed by atoms with van der Waals surface area (Å²) in [6.45, 7) is 5.76. The number of dihydropyridines is 1. The SMILES string of the molecule is COc1ccccc1NC(=O)C1=C(C)NC(SCC(=O)Nc2ccc(C)cc2C)=C(C#N)C1c1cccs1. The van der Waals surface area contributed by atoms with E-state index in [4.69, 9.17) is 4.74 Å². The van der Waals surface area contributed by atoms with E-state index in [1.165, 1.54) is 23.1 Å². The number of carbonyl (C=O) groups is 2. The number of ether oxygens (including phenoxy) is 1. The second-order valence-corrected chi connectivity index (χ2v) is 10.7. The lowest BCUT2D eigenvalue weighted by Gasteiger charge is -2.29. The highest BCUT2D eigenvalue weighted by atomic mass is 32.2. The summed E-state index contributed by atoms with van der Waals surface area (Å²) in [5.41, 5.74) is 4.86. The monoisotopic (exact) mass is 544 g/mol. The Morgan fingerprint density at radius 2 is 1.87 bits per heavy atom. The fourth-order valence-corrected chi connectivity index (χ4v) is 6.02. The van der Waals surface area contributed by atoms with Crippen LogP contribution >= 0.6 is 23.1 Å². The average molecular weight is 545 g/mol. The van der Waals surface area contributed by atoms with E-state index in [9.17, 15) is 14.9 Å². The zero-order chi connectivity index (χ0) is 27.2. The summed E-state index contributed by atoms with van der Waals surface area (Å²) >= 11 is 2.72. The van der Waals surface area contributed by atoms with Gasteiger partial charge in [0.25, 0.3) is 5.91 Å². The van der Waals surface area contributed by atoms with Gasteiger partial charge in [-0.15, -0.1) is 11.3 Å². The lowest BCUT2D eigenvalue weighted by atomic mass is 9.86. The molecule has 1 aromatic heterocycles. The molecule has 38 heavy (non-hydrogen) atoms. The molecule has 2 amide bonds. The molecule has 0 fully saturated rings. The normalized spacial score (nSPS) is 15.0. The first kappa shape index (κ1) is 27.0. The van der Waals surface area contributed by atoms with Crippen LogP contribution < -0.4 is 20.7 Å². The second-order valence-electron chi connectivity index (χ2n) is 8.78. The third-order valence-corrected chi connectivity index (χ3v) is 8.03. The van der Waals surface area contributed by atoms with Gasteiger partial charge in [-0.1, -0.05) is 47.7 Å². The predicted octanol–water partition coefficient (Wildman–Crippen LogP) is 6.08. The van der Waals surface area contributed by atoms with E-state index < -0.39 is 5.92 Å². The Labute approximate surface area is 230 Å². The highest BCUT2D eigenvalue weighted by Crippen LogP contribution is 2.42. The molecule has 3 N–H and O–H groups in total. The van der Waals surface area contributed by atoms with Crippen LogP contribution in [0.25, 0.3) is 0 Å². The number of thioether (sulfide) groups is 1. The number of carbonyl (C=O) groups excluding carboxylic acids is 2. The van der Waals surface area contributed by atoms with Crippen molar-refractivity contribution in [3.8, 4) is 11.8 Å². The van der Waals surface area contributed by atoms with Crippen molar-refractivity contribution in [2.75, 3.05) is 23.5 Å². The molecule has 1 aliphatic heterocycles. The molecule has 2 aromatic carbocycles. The van der Waals surface area contributed by atoms with Crippen LogP contribution in [0.3, 0.4) is 0 Å². The number of nitrogens with one attached hydrogen (secondary N) is 3. The van der Waals surface area contributed by atoms with Crippen LogP contribution in [0.4, 0.5) is 11.4 Å². The van der Waals surface area contributed by atoms with Crippen molar-refractivity contribution in [3.63, 3.8) is 0 Å². The zero-order valence-electron chi connectivity index (χ0n) is 21.5. The van der Waals surface area contributed by atoms with Crippen LogP contribution in [0.5, 0.6) is 5.75 Å². The van der Waals surface area contributed by atoms with Gasteiger partial charge in [-0.3, -0.25) is 9.59 Å². The van der Waals surface area contributed by atoms with Crippen LogP contribution in [-0.2, 0) is 9.59 Å². The molecular formula is C29H28N4O3S2. The van der Waals surface area contributed by atoms with E-state index >= 15 is 0 Å². The first-order chi connectivity index (χ1) is 18.3. The van der Waals surface area contributed by atoms with Crippen LogP contribution in [0.15, 0.2) is 81.8 Å². The zero-order valence-corrected chi connectivity index (χ0v) is 23.2. The van der Waals surface area contributed by atoms with E-state index in [0.29, 0.717) is 33.3 Å². The van der Waals surface area contributed by atoms with E-state index in [2.05, 4.69) is 22.0 Å². The van der Waals surface area contributed by atoms with Crippen LogP contribution in [0.1, 0.15) is 28.8 Å². The third-order valence-electron chi connectivity index (χ3n) is 6.08. The smallest absolute Gasteiger partial charge is 0.254 e. The van der Waals surface area contributed by atoms with Crippen molar-refractivity contribution in [1.82, 2.24) is 5.32 Å². The number of nitriles is 1. The minimum atomic E-state index is -0.569. The first-order valence-corrected chi connectivity index (χ1v) is 13.8. The summed E-state index contributed by atoms with van der Waals surface area (Å²) in [6, 6.07) is 19.1. The van der Waals surface area contributed by atoms with Crippen LogP contribution in [0.2, 0.25) is 0 Å². The molecule has 0 aliphatic carbocycles. The summed E-state index contributed by atoms with van der Waals surface area (Å²) in [5.74, 6) is -0.433. The number of anilines is 2. The molecule has 7 nitrogen and oxygen atoms in total. The molecule has 9 heteroatoms. The first-order valence-electron chi connectivity index (χ1n) is 11.9. The molecular weight excluding hydrogens is 516 g/mol. The number of hydrogen-bond acceptors (Lipinski definition) is 7. The van der Waals surface area contributed by atoms with Crippen molar-refractivity contribution in [2.45, 2.75) is 26.7 Å². The number of aryl methyl sites for hydroxylation is 2. The third kappa shape index (κ3) is 5.93. The molecule has 3 aromatic rings. The van der Waals surface area contributed by atoms with E-state index in [-0.39, 0.29) is 17.6 Å². The number of amides is 2. The minimum absolute atomic E-state index is 0.105. The van der Waals surface area contributed by atoms with Gasteiger partial charge in [0, 0.05) is 21.8 Å². The average Bonchev–Trinajstić information content (AvgIpc) is 3.43. The molecule has 0 saturated heterocycles. The van der Waals surface area contributed by atoms with Crippen molar-refractivity contribution in [3.05, 3.63) is 97.9 Å². The minimum Gasteiger partial charge on any atom is -0.495 e. The maximum absolute atomic E-state index is 13.6. The Morgan fingerprint density at radius 1 is 1.08 bits per heavy atom. The summed E-state index contributed by atoms with van der Waals surface area (Å²) in [5, 5.41) is 21.8. The highest BCUT2D eigenvalue weighted by Gasteiger charge is 2.35. The van der Waals surface area contributed by atoms with Gasteiger partial charge in [0.2, 0.25) is 5.91 Å². The largest absolute Gasteiger partial charge is 0.495 e. The number of benzene rings is 2. The fraction of sp³-hybridized carbons (Fsp3) is 0.207. The predicted molar refractivity (Wildman–Crippen MR) is 154 cm³/mol. The Hall–Kier alpha value is -4.00. The Kier molecular flexibility index (Phi) is 8.56. The Morgan fingerprint density at radius 3 is 2.55 bits per heavy atom. The van der Waals surface area contributed by atoms with Gasteiger partial charge in [0.15, 0.2) is 0 Å². The maximum Gasteiger partial charge on any atom is 0.254 e. The van der Waals surface area contributed by atoms with E-state index in [1.807, 2.05) is 68.6 Å². The van der Waals surface area contributed by atoms with Crippen molar-refractivity contribution < 1.29 is 14.3 Å². The quantitative estimate of drug-likeness (QED) is 0.318. The Bertz CT molecular complexity index is 1470. The van der Waals surface area contributed by atoms with E-state index in [0.717, 1.165) is 21.7 Å². The van der Waals surface area contributed by atoms with Crippen molar-refractivity contribution >= 4 is 46.3 Å². The van der Waals surface area contributed by atoms with Crippen molar-refractivity contribution in [1.29, 1.82) is 5.26 Å². The summed E-state index contributed by atoms with van der Waals surface area (Å²) in [6.07, 6.45) is 0. The number of hydrogen-bond donors (Lipinski definition) is 3. The van der Waals surface area contributed by atoms with Gasteiger partial charge < -0.3 is 20.7 Å². The van der Waals surface area contributed by atoms with Crippen molar-refractivity contribution in [2.24, 2.45) is 0 Å². The molecule has 0 spiro atoms. The van der Waals surface area contributed by atoms with Gasteiger partial charge in [0.1, 0.15) is 5.75 Å². The molecule has 1 aliphatic rings. The van der Waals surface area contributed by atoms with Gasteiger partial charge in [-0.2, -0.15) is 5.26 Å². The lowest BCUT2D eigenvalue weighted by molar-refractivity contribution is -0.114. The van der Waals surface area contributed by atoms with Gasteiger partial charge in [-0.05, 0) is 56.0 Å². The topological polar surface area (TPSA) is 103 Å². The van der Waals surface area contributed by atoms with Gasteiger partial charge >= 0.3 is 0 Å². The summed E-state index contributed by atoms with van der Waals surface area (Å²) < 4.78 is 5.38. The van der Waals surface area contributed by atoms with Gasteiger partial charge in [-0.25, -0.2) is 0 Å². The summed E-state index contributed by atoms with van der Waals surface area (Å²) in [4.78, 5) is 27.2. The van der Waals surface area contributed by atoms with Crippen LogP contribution in [0, 0.1) is 25.2 Å². The number of nitrogens with zero attached hydrogens (tertiary/aromatic N) is 1. The number of para-hydroxylation sites is 2. The number of rotatable bonds is 8. The number of methoxy groups -OCH3 is 1. The highest BCUT2D eigenvalue weighted by molar-refractivity contribution is 8.03. The van der Waals surface area contributed by atoms with Crippen LogP contribution in [-0.4, -0.2) is 24.7 Å². The van der Waals surface area contributed by atoms with Gasteiger partial charge in [0.05, 0.1) is 41.1 Å². The Balaban J connectivity index is 1.59. The van der Waals surface area contributed by atoms with E-state index in [1.54, 1.807) is 19.2 Å². The lowest BCUT2D eigenvalue weighted by Crippen LogP contribution is -2.31. The molecule has 0 saturated carbocycles. The molecule has 1 atom stereocenters. The molecule has 2 heterocycles. The molecule has 0 radical (unpaired) electrons. The number of allylic oxidation sites excluding steroid dienone is 2. The number of thiophene rings is 1. The molecule has 1 unspecified atom stereocenters. The standard InChI is InChI=1S/C29H28N4O3S2/c1-17-11-12-21(18(2)14-17)32-25(34)16-38-29-20(15-30)27(24-10-7-13-37-24)26(19(3)31-29)28(35)33-22-8-5-6-9-23(22)36-4/h5-14,27,31H,16H2,1-4H3,(H,32,34)(H,33,35). The second kappa shape index (κ2) is 12.0. The summed E-state index contributed by atoms with van der Waals surface area (Å²) in [7, 11) is 1.54. The maximum atomic E-state index is 13.6. The molecule has 4 rings (SSSR count). The fourth-order valence-electron chi connectivity index (χ4n) is 4.28.